The minimum Gasteiger partial charge on any atom is -0.492 e. The number of ether oxygens (including phenoxy) is 2. The van der Waals surface area contributed by atoms with Crippen LogP contribution in [0, 0.1) is 0 Å². The molecule has 2 N–H and O–H groups in total. The monoisotopic (exact) mass is 508 g/mol. The first-order valence-electron chi connectivity index (χ1n) is 10.5. The lowest BCUT2D eigenvalue weighted by molar-refractivity contribution is -0.274. The molecule has 1 atom stereocenters. The van der Waals surface area contributed by atoms with Gasteiger partial charge in [-0.1, -0.05) is 36.4 Å². The Kier molecular flexibility index (Phi) is 7.90. The number of halogens is 3. The number of rotatable bonds is 9. The van der Waals surface area contributed by atoms with Crippen LogP contribution in [-0.2, 0) is 14.8 Å². The topological polar surface area (TPSA) is 93.7 Å². The van der Waals surface area contributed by atoms with E-state index in [1.165, 1.54) is 30.3 Å². The number of nitrogens with one attached hydrogen (secondary N) is 2. The first kappa shape index (κ1) is 25.9. The number of benzene rings is 3. The summed E-state index contributed by atoms with van der Waals surface area (Å²) in [7, 11) is -4.26. The van der Waals surface area contributed by atoms with E-state index in [0.29, 0.717) is 5.69 Å². The molecule has 35 heavy (non-hydrogen) atoms. The Bertz CT molecular complexity index is 1280. The van der Waals surface area contributed by atoms with Gasteiger partial charge < -0.3 is 14.8 Å². The summed E-state index contributed by atoms with van der Waals surface area (Å²) in [5.74, 6) is -1.36. The maximum Gasteiger partial charge on any atom is 0.573 e. The highest BCUT2D eigenvalue weighted by atomic mass is 32.2. The summed E-state index contributed by atoms with van der Waals surface area (Å²) in [4.78, 5) is 12.4. The normalized spacial score (nSPS) is 12.5. The van der Waals surface area contributed by atoms with Crippen LogP contribution in [0.4, 0.5) is 24.5 Å². The summed E-state index contributed by atoms with van der Waals surface area (Å²) in [6, 6.07) is 17.6. The molecule has 0 fully saturated rings. The Morgan fingerprint density at radius 2 is 1.69 bits per heavy atom. The number of hydrogen-bond acceptors (Lipinski definition) is 5. The van der Waals surface area contributed by atoms with Gasteiger partial charge in [-0.2, -0.15) is 0 Å². The summed E-state index contributed by atoms with van der Waals surface area (Å²) < 4.78 is 74.9. The molecule has 0 aliphatic heterocycles. The third-order valence-electron chi connectivity index (χ3n) is 4.81. The summed E-state index contributed by atoms with van der Waals surface area (Å²) in [6.45, 7) is 3.53. The summed E-state index contributed by atoms with van der Waals surface area (Å²) >= 11 is 0. The van der Waals surface area contributed by atoms with Crippen molar-refractivity contribution in [2.45, 2.75) is 31.0 Å². The lowest BCUT2D eigenvalue weighted by Crippen LogP contribution is -2.19. The van der Waals surface area contributed by atoms with Gasteiger partial charge in [-0.3, -0.25) is 9.52 Å². The molecule has 0 aromatic heterocycles. The SMILES string of the molecule is CCOc1cc(NC(=O)C(C)c2ccccc2)ccc1S(=O)(=O)Nc1cccc(OC(F)(F)F)c1. The number of hydrogen-bond donors (Lipinski definition) is 2. The van der Waals surface area contributed by atoms with Crippen LogP contribution in [0.5, 0.6) is 11.5 Å². The molecule has 7 nitrogen and oxygen atoms in total. The molecule has 0 saturated heterocycles. The molecule has 0 heterocycles. The number of alkyl halides is 3. The smallest absolute Gasteiger partial charge is 0.492 e. The van der Waals surface area contributed by atoms with E-state index in [2.05, 4.69) is 14.8 Å². The maximum absolute atomic E-state index is 13.0. The second-order valence-electron chi connectivity index (χ2n) is 7.40. The lowest BCUT2D eigenvalue weighted by atomic mass is 10.0. The zero-order valence-electron chi connectivity index (χ0n) is 18.8. The van der Waals surface area contributed by atoms with Crippen molar-refractivity contribution < 1.29 is 35.9 Å². The van der Waals surface area contributed by atoms with Crippen molar-refractivity contribution in [1.82, 2.24) is 0 Å². The van der Waals surface area contributed by atoms with Crippen LogP contribution in [0.3, 0.4) is 0 Å². The van der Waals surface area contributed by atoms with Crippen LogP contribution in [0.25, 0.3) is 0 Å². The molecule has 1 unspecified atom stereocenters. The first-order valence-corrected chi connectivity index (χ1v) is 12.0. The van der Waals surface area contributed by atoms with Crippen molar-refractivity contribution in [3.05, 3.63) is 78.4 Å². The van der Waals surface area contributed by atoms with Gasteiger partial charge in [0.05, 0.1) is 18.2 Å². The molecule has 1 amide bonds. The molecule has 11 heteroatoms. The van der Waals surface area contributed by atoms with E-state index >= 15 is 0 Å². The number of carbonyl (C=O) groups is 1. The maximum atomic E-state index is 13.0. The van der Waals surface area contributed by atoms with Gasteiger partial charge in [0.2, 0.25) is 5.91 Å². The number of anilines is 2. The van der Waals surface area contributed by atoms with E-state index in [1.54, 1.807) is 13.8 Å². The molecular formula is C24H23F3N2O5S. The van der Waals surface area contributed by atoms with E-state index < -0.39 is 28.1 Å². The summed E-state index contributed by atoms with van der Waals surface area (Å²) in [6.07, 6.45) is -4.92. The van der Waals surface area contributed by atoms with Gasteiger partial charge >= 0.3 is 6.36 Å². The van der Waals surface area contributed by atoms with Crippen molar-refractivity contribution in [1.29, 1.82) is 0 Å². The van der Waals surface area contributed by atoms with Crippen LogP contribution in [0.1, 0.15) is 25.3 Å². The number of amides is 1. The first-order chi connectivity index (χ1) is 16.5. The van der Waals surface area contributed by atoms with Gasteiger partial charge in [-0.25, -0.2) is 8.42 Å². The standard InChI is InChI=1S/C24H23F3N2O5S/c1-3-33-21-15-18(28-23(30)16(2)17-8-5-4-6-9-17)12-13-22(21)35(31,32)29-19-10-7-11-20(14-19)34-24(25,26)27/h4-16,29H,3H2,1-2H3,(H,28,30). The molecule has 0 aliphatic carbocycles. The average Bonchev–Trinajstić information content (AvgIpc) is 2.78. The van der Waals surface area contributed by atoms with Crippen molar-refractivity contribution in [2.24, 2.45) is 0 Å². The van der Waals surface area contributed by atoms with Crippen molar-refractivity contribution in [3.8, 4) is 11.5 Å². The third-order valence-corrected chi connectivity index (χ3v) is 6.23. The van der Waals surface area contributed by atoms with Crippen LogP contribution in [0.2, 0.25) is 0 Å². The van der Waals surface area contributed by atoms with Crippen LogP contribution in [0.15, 0.2) is 77.7 Å². The second-order valence-corrected chi connectivity index (χ2v) is 9.05. The fourth-order valence-electron chi connectivity index (χ4n) is 3.19. The number of carbonyl (C=O) groups excluding carboxylic acids is 1. The van der Waals surface area contributed by atoms with Gasteiger partial charge in [0.25, 0.3) is 10.0 Å². The van der Waals surface area contributed by atoms with E-state index in [4.69, 9.17) is 4.74 Å². The van der Waals surface area contributed by atoms with Gasteiger partial charge in [0.1, 0.15) is 16.4 Å². The van der Waals surface area contributed by atoms with E-state index in [9.17, 15) is 26.4 Å². The predicted octanol–water partition coefficient (Wildman–Crippen LogP) is 5.53. The third kappa shape index (κ3) is 7.12. The molecule has 0 spiro atoms. The van der Waals surface area contributed by atoms with Crippen molar-refractivity contribution in [3.63, 3.8) is 0 Å². The van der Waals surface area contributed by atoms with E-state index in [-0.39, 0.29) is 28.8 Å². The quantitative estimate of drug-likeness (QED) is 0.397. The van der Waals surface area contributed by atoms with Gasteiger partial charge in [-0.15, -0.1) is 13.2 Å². The summed E-state index contributed by atoms with van der Waals surface area (Å²) in [5.41, 5.74) is 0.999. The molecule has 0 radical (unpaired) electrons. The lowest BCUT2D eigenvalue weighted by Gasteiger charge is -2.16. The Hall–Kier alpha value is -3.73. The highest BCUT2D eigenvalue weighted by Crippen LogP contribution is 2.31. The highest BCUT2D eigenvalue weighted by Gasteiger charge is 2.31. The Morgan fingerprint density at radius 3 is 2.34 bits per heavy atom. The predicted molar refractivity (Wildman–Crippen MR) is 125 cm³/mol. The van der Waals surface area contributed by atoms with Crippen molar-refractivity contribution >= 4 is 27.3 Å². The molecule has 0 bridgehead atoms. The Labute approximate surface area is 200 Å². The molecule has 3 rings (SSSR count). The van der Waals surface area contributed by atoms with Gasteiger partial charge in [0.15, 0.2) is 0 Å². The highest BCUT2D eigenvalue weighted by molar-refractivity contribution is 7.92. The second kappa shape index (κ2) is 10.7. The van der Waals surface area contributed by atoms with Gasteiger partial charge in [0, 0.05) is 17.8 Å². The van der Waals surface area contributed by atoms with Crippen LogP contribution < -0.4 is 19.5 Å². The Balaban J connectivity index is 1.82. The average molecular weight is 509 g/mol. The molecule has 3 aromatic carbocycles. The van der Waals surface area contributed by atoms with Gasteiger partial charge in [-0.05, 0) is 43.7 Å². The molecule has 0 aliphatic rings. The number of sulfonamides is 1. The van der Waals surface area contributed by atoms with E-state index in [1.807, 2.05) is 30.3 Å². The fourth-order valence-corrected chi connectivity index (χ4v) is 4.36. The largest absolute Gasteiger partial charge is 0.573 e. The van der Waals surface area contributed by atoms with Crippen LogP contribution >= 0.6 is 0 Å². The zero-order chi connectivity index (χ0) is 25.6. The molecule has 186 valence electrons. The molecular weight excluding hydrogens is 485 g/mol. The van der Waals surface area contributed by atoms with Crippen molar-refractivity contribution in [2.75, 3.05) is 16.6 Å². The molecule has 0 saturated carbocycles. The van der Waals surface area contributed by atoms with Crippen LogP contribution in [-0.4, -0.2) is 27.3 Å². The Morgan fingerprint density at radius 1 is 0.971 bits per heavy atom. The minimum absolute atomic E-state index is 0.0344. The zero-order valence-corrected chi connectivity index (χ0v) is 19.6. The minimum atomic E-state index is -4.92. The molecule has 3 aromatic rings. The summed E-state index contributed by atoms with van der Waals surface area (Å²) in [5, 5.41) is 2.74. The fraction of sp³-hybridized carbons (Fsp3) is 0.208. The van der Waals surface area contributed by atoms with E-state index in [0.717, 1.165) is 17.7 Å².